The first kappa shape index (κ1) is 18.0. The highest BCUT2D eigenvalue weighted by molar-refractivity contribution is 5.95. The highest BCUT2D eigenvalue weighted by Crippen LogP contribution is 2.10. The summed E-state index contributed by atoms with van der Waals surface area (Å²) in [4.78, 5) is 23.3. The van der Waals surface area contributed by atoms with Crippen LogP contribution in [0, 0.1) is 0 Å². The smallest absolute Gasteiger partial charge is 0.251 e. The molecular weight excluding hydrogens is 278 g/mol. The molecule has 0 aliphatic rings. The van der Waals surface area contributed by atoms with Crippen LogP contribution >= 0.6 is 0 Å². The Morgan fingerprint density at radius 1 is 1.09 bits per heavy atom. The number of benzene rings is 1. The Bertz CT molecular complexity index is 475. The quantitative estimate of drug-likeness (QED) is 0.582. The Labute approximate surface area is 132 Å². The van der Waals surface area contributed by atoms with Gasteiger partial charge in [-0.1, -0.05) is 38.7 Å². The lowest BCUT2D eigenvalue weighted by molar-refractivity contribution is -0.119. The molecule has 1 rings (SSSR count). The summed E-state index contributed by atoms with van der Waals surface area (Å²) in [5.74, 6) is -0.166. The van der Waals surface area contributed by atoms with Crippen molar-refractivity contribution in [3.63, 3.8) is 0 Å². The van der Waals surface area contributed by atoms with Gasteiger partial charge in [0.05, 0.1) is 6.54 Å². The van der Waals surface area contributed by atoms with Crippen LogP contribution in [0.1, 0.15) is 49.4 Å². The van der Waals surface area contributed by atoms with Crippen LogP contribution in [-0.4, -0.2) is 32.0 Å². The van der Waals surface area contributed by atoms with E-state index in [4.69, 9.17) is 0 Å². The van der Waals surface area contributed by atoms with Gasteiger partial charge in [-0.05, 0) is 24.6 Å². The second-order valence-corrected chi connectivity index (χ2v) is 5.28. The zero-order chi connectivity index (χ0) is 16.2. The number of hydrogen-bond acceptors (Lipinski definition) is 3. The largest absolute Gasteiger partial charge is 0.376 e. The minimum absolute atomic E-state index is 0.0270. The van der Waals surface area contributed by atoms with E-state index >= 15 is 0 Å². The maximum absolute atomic E-state index is 11.7. The Morgan fingerprint density at radius 2 is 1.86 bits per heavy atom. The lowest BCUT2D eigenvalue weighted by atomic mass is 10.1. The molecule has 22 heavy (non-hydrogen) atoms. The van der Waals surface area contributed by atoms with Crippen molar-refractivity contribution in [3.8, 4) is 0 Å². The summed E-state index contributed by atoms with van der Waals surface area (Å²) >= 11 is 0. The number of unbranched alkanes of at least 4 members (excludes halogenated alkanes) is 4. The first-order chi connectivity index (χ1) is 10.7. The Balaban J connectivity index is 2.25. The number of carbonyl (C=O) groups excluding carboxylic acids is 2. The van der Waals surface area contributed by atoms with Gasteiger partial charge in [0.2, 0.25) is 5.91 Å². The van der Waals surface area contributed by atoms with E-state index in [9.17, 15) is 9.59 Å². The van der Waals surface area contributed by atoms with Crippen LogP contribution in [0.5, 0.6) is 0 Å². The standard InChI is InChI=1S/C17H27N3O2/c1-3-4-5-6-7-11-19-16(21)13-20-15-10-8-9-14(12-15)17(22)18-2/h8-10,12,20H,3-7,11,13H2,1-2H3,(H,18,22)(H,19,21). The third kappa shape index (κ3) is 7.11. The number of hydrogen-bond donors (Lipinski definition) is 3. The molecule has 3 N–H and O–H groups in total. The fraction of sp³-hybridized carbons (Fsp3) is 0.529. The zero-order valence-corrected chi connectivity index (χ0v) is 13.6. The van der Waals surface area contributed by atoms with Crippen LogP contribution in [0.3, 0.4) is 0 Å². The Kier molecular flexibility index (Phi) is 8.72. The monoisotopic (exact) mass is 305 g/mol. The molecule has 0 aliphatic heterocycles. The molecular formula is C17H27N3O2. The average molecular weight is 305 g/mol. The van der Waals surface area contributed by atoms with Gasteiger partial charge in [0.15, 0.2) is 0 Å². The summed E-state index contributed by atoms with van der Waals surface area (Å²) in [6.07, 6.45) is 5.91. The van der Waals surface area contributed by atoms with Crippen molar-refractivity contribution in [2.75, 3.05) is 25.5 Å². The van der Waals surface area contributed by atoms with E-state index in [1.54, 1.807) is 25.2 Å². The molecule has 122 valence electrons. The Morgan fingerprint density at radius 3 is 2.59 bits per heavy atom. The molecule has 1 aromatic rings. The third-order valence-electron chi connectivity index (χ3n) is 3.41. The average Bonchev–Trinajstić information content (AvgIpc) is 2.55. The molecule has 1 aromatic carbocycles. The van der Waals surface area contributed by atoms with Gasteiger partial charge in [-0.3, -0.25) is 9.59 Å². The summed E-state index contributed by atoms with van der Waals surface area (Å²) in [6.45, 7) is 3.13. The van der Waals surface area contributed by atoms with Crippen LogP contribution in [0.2, 0.25) is 0 Å². The summed E-state index contributed by atoms with van der Waals surface area (Å²) in [7, 11) is 1.59. The lowest BCUT2D eigenvalue weighted by Crippen LogP contribution is -2.30. The maximum Gasteiger partial charge on any atom is 0.251 e. The SMILES string of the molecule is CCCCCCCNC(=O)CNc1cccc(C(=O)NC)c1. The van der Waals surface area contributed by atoms with Crippen molar-refractivity contribution < 1.29 is 9.59 Å². The van der Waals surface area contributed by atoms with E-state index in [1.165, 1.54) is 19.3 Å². The number of amides is 2. The molecule has 0 radical (unpaired) electrons. The summed E-state index contributed by atoms with van der Waals surface area (Å²) in [5, 5.41) is 8.51. The third-order valence-corrected chi connectivity index (χ3v) is 3.41. The molecule has 0 saturated heterocycles. The van der Waals surface area contributed by atoms with Crippen molar-refractivity contribution in [1.82, 2.24) is 10.6 Å². The van der Waals surface area contributed by atoms with Gasteiger partial charge in [-0.25, -0.2) is 0 Å². The minimum atomic E-state index is -0.139. The molecule has 0 aliphatic carbocycles. The molecule has 0 aromatic heterocycles. The molecule has 2 amide bonds. The first-order valence-corrected chi connectivity index (χ1v) is 8.00. The number of carbonyl (C=O) groups is 2. The maximum atomic E-state index is 11.7. The van der Waals surface area contributed by atoms with Crippen molar-refractivity contribution in [3.05, 3.63) is 29.8 Å². The van der Waals surface area contributed by atoms with Gasteiger partial charge in [0.1, 0.15) is 0 Å². The highest BCUT2D eigenvalue weighted by atomic mass is 16.2. The molecule has 0 fully saturated rings. The second kappa shape index (κ2) is 10.7. The summed E-state index contributed by atoms with van der Waals surface area (Å²) in [6, 6.07) is 7.10. The molecule has 0 unspecified atom stereocenters. The van der Waals surface area contributed by atoms with E-state index in [0.29, 0.717) is 5.56 Å². The molecule has 5 nitrogen and oxygen atoms in total. The molecule has 0 bridgehead atoms. The molecule has 0 saturated carbocycles. The van der Waals surface area contributed by atoms with Crippen molar-refractivity contribution >= 4 is 17.5 Å². The Hall–Kier alpha value is -2.04. The van der Waals surface area contributed by atoms with Crippen LogP contribution in [0.15, 0.2) is 24.3 Å². The van der Waals surface area contributed by atoms with Crippen molar-refractivity contribution in [1.29, 1.82) is 0 Å². The summed E-state index contributed by atoms with van der Waals surface area (Å²) in [5.41, 5.74) is 1.34. The van der Waals surface area contributed by atoms with Crippen molar-refractivity contribution in [2.24, 2.45) is 0 Å². The normalized spacial score (nSPS) is 10.1. The first-order valence-electron chi connectivity index (χ1n) is 8.00. The molecule has 0 atom stereocenters. The van der Waals surface area contributed by atoms with Crippen LogP contribution < -0.4 is 16.0 Å². The van der Waals surface area contributed by atoms with E-state index in [-0.39, 0.29) is 18.4 Å². The van der Waals surface area contributed by atoms with Crippen LogP contribution in [0.25, 0.3) is 0 Å². The zero-order valence-electron chi connectivity index (χ0n) is 13.6. The van der Waals surface area contributed by atoms with E-state index in [1.807, 2.05) is 6.07 Å². The number of nitrogens with one attached hydrogen (secondary N) is 3. The van der Waals surface area contributed by atoms with E-state index < -0.39 is 0 Å². The van der Waals surface area contributed by atoms with Crippen LogP contribution in [-0.2, 0) is 4.79 Å². The van der Waals surface area contributed by atoms with E-state index in [0.717, 1.165) is 25.1 Å². The number of anilines is 1. The van der Waals surface area contributed by atoms with Crippen LogP contribution in [0.4, 0.5) is 5.69 Å². The predicted molar refractivity (Wildman–Crippen MR) is 90.1 cm³/mol. The lowest BCUT2D eigenvalue weighted by Gasteiger charge is -2.09. The number of rotatable bonds is 10. The van der Waals surface area contributed by atoms with Gasteiger partial charge in [0.25, 0.3) is 5.91 Å². The second-order valence-electron chi connectivity index (χ2n) is 5.28. The fourth-order valence-corrected chi connectivity index (χ4v) is 2.12. The van der Waals surface area contributed by atoms with Gasteiger partial charge in [0, 0.05) is 24.8 Å². The fourth-order valence-electron chi connectivity index (χ4n) is 2.12. The molecule has 0 heterocycles. The molecule has 5 heteroatoms. The highest BCUT2D eigenvalue weighted by Gasteiger charge is 2.05. The summed E-state index contributed by atoms with van der Waals surface area (Å²) < 4.78 is 0. The molecule has 0 spiro atoms. The van der Waals surface area contributed by atoms with E-state index in [2.05, 4.69) is 22.9 Å². The topological polar surface area (TPSA) is 70.2 Å². The minimum Gasteiger partial charge on any atom is -0.376 e. The van der Waals surface area contributed by atoms with Crippen molar-refractivity contribution in [2.45, 2.75) is 39.0 Å². The predicted octanol–water partition coefficient (Wildman–Crippen LogP) is 2.54. The van der Waals surface area contributed by atoms with Gasteiger partial charge in [-0.15, -0.1) is 0 Å². The van der Waals surface area contributed by atoms with Gasteiger partial charge < -0.3 is 16.0 Å². The van der Waals surface area contributed by atoms with Gasteiger partial charge in [-0.2, -0.15) is 0 Å². The van der Waals surface area contributed by atoms with Gasteiger partial charge >= 0.3 is 0 Å².